The first-order valence-corrected chi connectivity index (χ1v) is 10.4. The fourth-order valence-corrected chi connectivity index (χ4v) is 4.51. The van der Waals surface area contributed by atoms with Crippen LogP contribution in [0.3, 0.4) is 0 Å². The van der Waals surface area contributed by atoms with Gasteiger partial charge < -0.3 is 5.11 Å². The molecule has 0 amide bonds. The van der Waals surface area contributed by atoms with Gasteiger partial charge in [0.15, 0.2) is 0 Å². The van der Waals surface area contributed by atoms with Gasteiger partial charge in [0.05, 0.1) is 11.3 Å². The van der Waals surface area contributed by atoms with E-state index in [-0.39, 0.29) is 11.5 Å². The van der Waals surface area contributed by atoms with Crippen LogP contribution in [0.5, 0.6) is 0 Å². The molecule has 2 heterocycles. The number of carboxylic acids is 1. The van der Waals surface area contributed by atoms with E-state index in [1.807, 2.05) is 12.1 Å². The quantitative estimate of drug-likeness (QED) is 0.819. The van der Waals surface area contributed by atoms with Crippen molar-refractivity contribution in [2.45, 2.75) is 25.7 Å². The van der Waals surface area contributed by atoms with Crippen molar-refractivity contribution in [3.63, 3.8) is 0 Å². The molecule has 1 aromatic carbocycles. The van der Waals surface area contributed by atoms with E-state index in [2.05, 4.69) is 9.97 Å². The highest BCUT2D eigenvalue weighted by atomic mass is 32.2. The molecule has 0 aliphatic carbocycles. The summed E-state index contributed by atoms with van der Waals surface area (Å²) >= 11 is 0. The van der Waals surface area contributed by atoms with Crippen LogP contribution in [0.15, 0.2) is 30.3 Å². The van der Waals surface area contributed by atoms with Crippen LogP contribution in [0.1, 0.15) is 40.6 Å². The molecular weight excluding hydrogens is 380 g/mol. The highest BCUT2D eigenvalue weighted by molar-refractivity contribution is 7.86. The van der Waals surface area contributed by atoms with E-state index in [0.717, 1.165) is 11.3 Å². The highest BCUT2D eigenvalue weighted by Gasteiger charge is 2.30. The summed E-state index contributed by atoms with van der Waals surface area (Å²) in [4.78, 5) is 20.3. The minimum Gasteiger partial charge on any atom is -0.478 e. The molecule has 9 heteroatoms. The fourth-order valence-electron chi connectivity index (χ4n) is 3.37. The van der Waals surface area contributed by atoms with E-state index in [1.54, 1.807) is 25.1 Å². The molecule has 0 radical (unpaired) electrons. The van der Waals surface area contributed by atoms with Crippen LogP contribution in [0.4, 0.5) is 0 Å². The molecule has 1 aromatic heterocycles. The molecule has 28 heavy (non-hydrogen) atoms. The Morgan fingerprint density at radius 2 is 1.86 bits per heavy atom. The topological polar surface area (TPSA) is 104 Å². The zero-order chi connectivity index (χ0) is 20.5. The number of aryl methyl sites for hydroxylation is 1. The smallest absolute Gasteiger partial charge is 0.335 e. The Kier molecular flexibility index (Phi) is 5.78. The van der Waals surface area contributed by atoms with Gasteiger partial charge in [-0.1, -0.05) is 12.1 Å². The van der Waals surface area contributed by atoms with Crippen LogP contribution >= 0.6 is 0 Å². The van der Waals surface area contributed by atoms with Crippen LogP contribution in [0, 0.1) is 6.92 Å². The van der Waals surface area contributed by atoms with Gasteiger partial charge in [0, 0.05) is 44.4 Å². The lowest BCUT2D eigenvalue weighted by Crippen LogP contribution is -2.44. The molecule has 1 aliphatic rings. The highest BCUT2D eigenvalue weighted by Crippen LogP contribution is 2.30. The molecule has 0 spiro atoms. The maximum atomic E-state index is 12.3. The number of aromatic carboxylic acids is 1. The predicted molar refractivity (Wildman–Crippen MR) is 105 cm³/mol. The molecule has 0 saturated carbocycles. The summed E-state index contributed by atoms with van der Waals surface area (Å²) in [6.45, 7) is 2.69. The summed E-state index contributed by atoms with van der Waals surface area (Å²) in [7, 11) is -0.331. The molecule has 1 N–H and O–H groups in total. The number of aromatic nitrogens is 2. The van der Waals surface area contributed by atoms with Crippen LogP contribution in [-0.2, 0) is 10.2 Å². The fraction of sp³-hybridized carbons (Fsp3) is 0.421. The third-order valence-electron chi connectivity index (χ3n) is 4.92. The predicted octanol–water partition coefficient (Wildman–Crippen LogP) is 2.14. The van der Waals surface area contributed by atoms with Crippen LogP contribution in [0.2, 0.25) is 0 Å². The number of piperidine rings is 1. The molecule has 1 aliphatic heterocycles. The van der Waals surface area contributed by atoms with Gasteiger partial charge in [0.1, 0.15) is 5.82 Å². The normalized spacial score (nSPS) is 16.4. The Bertz CT molecular complexity index is 983. The minimum absolute atomic E-state index is 0.136. The Morgan fingerprint density at radius 1 is 1.18 bits per heavy atom. The Balaban J connectivity index is 1.83. The number of hydrogen-bond acceptors (Lipinski definition) is 5. The summed E-state index contributed by atoms with van der Waals surface area (Å²) in [5, 5.41) is 9.21. The number of carbonyl (C=O) groups is 1. The van der Waals surface area contributed by atoms with Crippen molar-refractivity contribution in [2.75, 3.05) is 27.2 Å². The van der Waals surface area contributed by atoms with E-state index in [0.29, 0.717) is 37.4 Å². The second-order valence-electron chi connectivity index (χ2n) is 7.07. The Hall–Kier alpha value is -2.36. The summed E-state index contributed by atoms with van der Waals surface area (Å²) in [5.74, 6) is -0.240. The average Bonchev–Trinajstić information content (AvgIpc) is 2.67. The summed E-state index contributed by atoms with van der Waals surface area (Å²) < 4.78 is 27.3. The van der Waals surface area contributed by atoms with Crippen LogP contribution < -0.4 is 0 Å². The number of nitrogens with zero attached hydrogens (tertiary/aromatic N) is 4. The van der Waals surface area contributed by atoms with Gasteiger partial charge in [-0.05, 0) is 38.0 Å². The maximum Gasteiger partial charge on any atom is 0.335 e. The maximum absolute atomic E-state index is 12.3. The summed E-state index contributed by atoms with van der Waals surface area (Å²) in [6.07, 6.45) is 1.36. The molecule has 0 unspecified atom stereocenters. The van der Waals surface area contributed by atoms with Crippen molar-refractivity contribution in [1.82, 2.24) is 18.6 Å². The lowest BCUT2D eigenvalue weighted by atomic mass is 9.93. The third-order valence-corrected chi connectivity index (χ3v) is 6.86. The monoisotopic (exact) mass is 404 g/mol. The molecular formula is C19H24N4O4S. The van der Waals surface area contributed by atoms with Crippen LogP contribution in [-0.4, -0.2) is 65.3 Å². The molecule has 0 atom stereocenters. The van der Waals surface area contributed by atoms with Gasteiger partial charge in [-0.3, -0.25) is 0 Å². The van der Waals surface area contributed by atoms with Gasteiger partial charge in [0.25, 0.3) is 10.2 Å². The second kappa shape index (κ2) is 7.94. The lowest BCUT2D eigenvalue weighted by molar-refractivity contribution is 0.0697. The van der Waals surface area contributed by atoms with Gasteiger partial charge in [-0.15, -0.1) is 0 Å². The Morgan fingerprint density at radius 3 is 2.46 bits per heavy atom. The molecule has 1 saturated heterocycles. The zero-order valence-electron chi connectivity index (χ0n) is 16.2. The number of carboxylic acid groups (broad SMARTS) is 1. The van der Waals surface area contributed by atoms with Crippen LogP contribution in [0.25, 0.3) is 11.3 Å². The van der Waals surface area contributed by atoms with Gasteiger partial charge in [-0.2, -0.15) is 17.0 Å². The summed E-state index contributed by atoms with van der Waals surface area (Å²) in [5.41, 5.74) is 2.47. The molecule has 1 fully saturated rings. The average molecular weight is 404 g/mol. The Labute approximate surface area is 165 Å². The van der Waals surface area contributed by atoms with E-state index >= 15 is 0 Å². The standard InChI is InChI=1S/C19H24N4O4S/c1-13-20-17(14-7-9-23(10-8-14)28(26,27)22(2)3)12-18(21-13)15-5-4-6-16(11-15)19(24)25/h4-6,11-12,14H,7-10H2,1-3H3,(H,24,25). The first-order chi connectivity index (χ1) is 13.2. The zero-order valence-corrected chi connectivity index (χ0v) is 17.0. The van der Waals surface area contributed by atoms with Crippen molar-refractivity contribution in [3.05, 3.63) is 47.4 Å². The van der Waals surface area contributed by atoms with Crippen molar-refractivity contribution < 1.29 is 18.3 Å². The van der Waals surface area contributed by atoms with Gasteiger partial charge in [-0.25, -0.2) is 14.8 Å². The molecule has 0 bridgehead atoms. The van der Waals surface area contributed by atoms with Gasteiger partial charge in [0.2, 0.25) is 0 Å². The molecule has 2 aromatic rings. The van der Waals surface area contributed by atoms with E-state index in [9.17, 15) is 18.3 Å². The minimum atomic E-state index is -3.40. The third kappa shape index (κ3) is 4.21. The summed E-state index contributed by atoms with van der Waals surface area (Å²) in [6, 6.07) is 8.54. The largest absolute Gasteiger partial charge is 0.478 e. The van der Waals surface area contributed by atoms with E-state index < -0.39 is 16.2 Å². The van der Waals surface area contributed by atoms with E-state index in [1.165, 1.54) is 22.7 Å². The van der Waals surface area contributed by atoms with Crippen molar-refractivity contribution >= 4 is 16.2 Å². The van der Waals surface area contributed by atoms with Crippen molar-refractivity contribution in [2.24, 2.45) is 0 Å². The number of hydrogen-bond donors (Lipinski definition) is 1. The molecule has 150 valence electrons. The first-order valence-electron chi connectivity index (χ1n) is 9.05. The molecule has 8 nitrogen and oxygen atoms in total. The SMILES string of the molecule is Cc1nc(-c2cccc(C(=O)O)c2)cc(C2CCN(S(=O)(=O)N(C)C)CC2)n1. The number of benzene rings is 1. The van der Waals surface area contributed by atoms with E-state index in [4.69, 9.17) is 0 Å². The van der Waals surface area contributed by atoms with Crippen molar-refractivity contribution in [3.8, 4) is 11.3 Å². The second-order valence-corrected chi connectivity index (χ2v) is 9.22. The lowest BCUT2D eigenvalue weighted by Gasteiger charge is -2.32. The molecule has 3 rings (SSSR count). The van der Waals surface area contributed by atoms with Crippen molar-refractivity contribution in [1.29, 1.82) is 0 Å². The van der Waals surface area contributed by atoms with Gasteiger partial charge >= 0.3 is 5.97 Å². The number of rotatable bonds is 5. The first kappa shape index (κ1) is 20.4.